The number of aromatic amines is 1. The number of nitrogens with one attached hydrogen (secondary N) is 1. The second-order valence-corrected chi connectivity index (χ2v) is 6.45. The number of hydrogen-bond acceptors (Lipinski definition) is 4. The van der Waals surface area contributed by atoms with Gasteiger partial charge in [0.1, 0.15) is 11.6 Å². The molecule has 7 heteroatoms. The van der Waals surface area contributed by atoms with E-state index in [2.05, 4.69) is 15.1 Å². The Bertz CT molecular complexity index is 808. The number of aryl methyl sites for hydroxylation is 3. The van der Waals surface area contributed by atoms with E-state index in [0.717, 1.165) is 30.9 Å². The molecule has 2 aromatic heterocycles. The van der Waals surface area contributed by atoms with E-state index >= 15 is 0 Å². The maximum Gasteiger partial charge on any atom is 0.254 e. The van der Waals surface area contributed by atoms with Gasteiger partial charge in [0.05, 0.1) is 12.6 Å². The van der Waals surface area contributed by atoms with Crippen LogP contribution in [0.2, 0.25) is 0 Å². The molecule has 128 valence electrons. The number of piperidine rings is 1. The molecule has 1 aliphatic rings. The topological polar surface area (TPSA) is 83.9 Å². The molecule has 0 saturated carbocycles. The molecule has 0 spiro atoms. The Morgan fingerprint density at radius 2 is 2.08 bits per heavy atom. The number of H-pyrrole nitrogens is 1. The maximum absolute atomic E-state index is 12.9. The summed E-state index contributed by atoms with van der Waals surface area (Å²) >= 11 is 0. The Hall–Kier alpha value is -2.44. The standard InChI is InChI=1S/C17H23N5O2/c1-11-8-14(9-16(23)18-11)17(24)21-7-5-4-6-15(21)10-22-13(3)19-12(2)20-22/h8-9,15H,4-7,10H2,1-3H3,(H,18,23). The fourth-order valence-electron chi connectivity index (χ4n) is 3.36. The van der Waals surface area contributed by atoms with E-state index in [9.17, 15) is 9.59 Å². The lowest BCUT2D eigenvalue weighted by atomic mass is 10.0. The van der Waals surface area contributed by atoms with Crippen LogP contribution in [0.4, 0.5) is 0 Å². The zero-order chi connectivity index (χ0) is 17.3. The number of amides is 1. The molecule has 1 N–H and O–H groups in total. The summed E-state index contributed by atoms with van der Waals surface area (Å²) in [4.78, 5) is 33.5. The molecule has 1 aliphatic heterocycles. The normalized spacial score (nSPS) is 18.0. The van der Waals surface area contributed by atoms with Gasteiger partial charge in [-0.05, 0) is 46.1 Å². The molecule has 0 aliphatic carbocycles. The molecule has 3 rings (SSSR count). The first kappa shape index (κ1) is 16.4. The molecule has 1 amide bonds. The number of carbonyl (C=O) groups is 1. The summed E-state index contributed by atoms with van der Waals surface area (Å²) in [6, 6.07) is 3.19. The highest BCUT2D eigenvalue weighted by atomic mass is 16.2. The summed E-state index contributed by atoms with van der Waals surface area (Å²) in [6.45, 7) is 6.93. The van der Waals surface area contributed by atoms with Gasteiger partial charge in [0.15, 0.2) is 0 Å². The average Bonchev–Trinajstić information content (AvgIpc) is 2.84. The van der Waals surface area contributed by atoms with Crippen LogP contribution in [0.3, 0.4) is 0 Å². The second kappa shape index (κ2) is 6.59. The van der Waals surface area contributed by atoms with Crippen LogP contribution in [-0.4, -0.2) is 43.1 Å². The summed E-state index contributed by atoms with van der Waals surface area (Å²) in [7, 11) is 0. The number of aromatic nitrogens is 4. The van der Waals surface area contributed by atoms with Crippen molar-refractivity contribution < 1.29 is 4.79 Å². The Kier molecular flexibility index (Phi) is 4.51. The van der Waals surface area contributed by atoms with Crippen molar-refractivity contribution in [1.82, 2.24) is 24.6 Å². The highest BCUT2D eigenvalue weighted by molar-refractivity contribution is 5.94. The summed E-state index contributed by atoms with van der Waals surface area (Å²) in [6.07, 6.45) is 3.02. The van der Waals surface area contributed by atoms with Gasteiger partial charge in [-0.25, -0.2) is 9.67 Å². The van der Waals surface area contributed by atoms with E-state index in [1.165, 1.54) is 6.07 Å². The van der Waals surface area contributed by atoms with Gasteiger partial charge in [0, 0.05) is 23.9 Å². The van der Waals surface area contributed by atoms with Crippen LogP contribution in [0.1, 0.15) is 47.0 Å². The third-order valence-electron chi connectivity index (χ3n) is 4.46. The predicted octanol–water partition coefficient (Wildman–Crippen LogP) is 1.59. The van der Waals surface area contributed by atoms with Crippen LogP contribution in [0.5, 0.6) is 0 Å². The molecular formula is C17H23N5O2. The summed E-state index contributed by atoms with van der Waals surface area (Å²) in [5, 5.41) is 4.41. The van der Waals surface area contributed by atoms with E-state index < -0.39 is 0 Å². The minimum absolute atomic E-state index is 0.0747. The van der Waals surface area contributed by atoms with Gasteiger partial charge in [-0.3, -0.25) is 9.59 Å². The van der Waals surface area contributed by atoms with Crippen LogP contribution in [-0.2, 0) is 6.54 Å². The quantitative estimate of drug-likeness (QED) is 0.927. The maximum atomic E-state index is 12.9. The zero-order valence-electron chi connectivity index (χ0n) is 14.4. The first-order valence-electron chi connectivity index (χ1n) is 8.34. The number of pyridine rings is 1. The lowest BCUT2D eigenvalue weighted by Gasteiger charge is -2.36. The molecule has 1 atom stereocenters. The minimum atomic E-state index is -0.241. The average molecular weight is 329 g/mol. The Labute approximate surface area is 140 Å². The lowest BCUT2D eigenvalue weighted by Crippen LogP contribution is -2.46. The molecule has 1 fully saturated rings. The highest BCUT2D eigenvalue weighted by Gasteiger charge is 2.28. The van der Waals surface area contributed by atoms with Gasteiger partial charge in [0.25, 0.3) is 5.91 Å². The van der Waals surface area contributed by atoms with Crippen molar-refractivity contribution in [2.75, 3.05) is 6.54 Å². The number of nitrogens with zero attached hydrogens (tertiary/aromatic N) is 4. The third-order valence-corrected chi connectivity index (χ3v) is 4.46. The number of hydrogen-bond donors (Lipinski definition) is 1. The van der Waals surface area contributed by atoms with Crippen LogP contribution in [0.15, 0.2) is 16.9 Å². The number of carbonyl (C=O) groups excluding carboxylic acids is 1. The first-order chi connectivity index (χ1) is 11.4. The largest absolute Gasteiger partial charge is 0.334 e. The van der Waals surface area contributed by atoms with Gasteiger partial charge in [0.2, 0.25) is 5.56 Å². The van der Waals surface area contributed by atoms with Crippen molar-refractivity contribution in [3.05, 3.63) is 45.4 Å². The van der Waals surface area contributed by atoms with Crippen LogP contribution < -0.4 is 5.56 Å². The zero-order valence-corrected chi connectivity index (χ0v) is 14.4. The van der Waals surface area contributed by atoms with Crippen LogP contribution in [0.25, 0.3) is 0 Å². The molecule has 7 nitrogen and oxygen atoms in total. The fraction of sp³-hybridized carbons (Fsp3) is 0.529. The van der Waals surface area contributed by atoms with E-state index in [1.807, 2.05) is 23.4 Å². The predicted molar refractivity (Wildman–Crippen MR) is 90.0 cm³/mol. The molecule has 1 saturated heterocycles. The fourth-order valence-corrected chi connectivity index (χ4v) is 3.36. The SMILES string of the molecule is Cc1nc(C)n(CC2CCCCN2C(=O)c2cc(C)[nH]c(=O)c2)n1. The molecule has 0 bridgehead atoms. The Morgan fingerprint density at radius 3 is 2.75 bits per heavy atom. The van der Waals surface area contributed by atoms with E-state index in [-0.39, 0.29) is 17.5 Å². The lowest BCUT2D eigenvalue weighted by molar-refractivity contribution is 0.0582. The monoisotopic (exact) mass is 329 g/mol. The second-order valence-electron chi connectivity index (χ2n) is 6.45. The molecule has 0 aromatic carbocycles. The number of rotatable bonds is 3. The highest BCUT2D eigenvalue weighted by Crippen LogP contribution is 2.21. The molecule has 2 aromatic rings. The van der Waals surface area contributed by atoms with Crippen molar-refractivity contribution in [1.29, 1.82) is 0 Å². The van der Waals surface area contributed by atoms with E-state index in [4.69, 9.17) is 0 Å². The van der Waals surface area contributed by atoms with Gasteiger partial charge in [-0.2, -0.15) is 5.10 Å². The molecule has 3 heterocycles. The molecular weight excluding hydrogens is 306 g/mol. The summed E-state index contributed by atoms with van der Waals surface area (Å²) in [5.74, 6) is 1.52. The van der Waals surface area contributed by atoms with E-state index in [0.29, 0.717) is 24.3 Å². The van der Waals surface area contributed by atoms with Crippen molar-refractivity contribution in [3.8, 4) is 0 Å². The van der Waals surface area contributed by atoms with E-state index in [1.54, 1.807) is 13.0 Å². The summed E-state index contributed by atoms with van der Waals surface area (Å²) in [5.41, 5.74) is 0.909. The van der Waals surface area contributed by atoms with Gasteiger partial charge in [-0.1, -0.05) is 0 Å². The van der Waals surface area contributed by atoms with Gasteiger partial charge in [-0.15, -0.1) is 0 Å². The molecule has 0 radical (unpaired) electrons. The van der Waals surface area contributed by atoms with Gasteiger partial charge < -0.3 is 9.88 Å². The molecule has 24 heavy (non-hydrogen) atoms. The smallest absolute Gasteiger partial charge is 0.254 e. The van der Waals surface area contributed by atoms with Crippen molar-refractivity contribution in [2.45, 2.75) is 52.6 Å². The van der Waals surface area contributed by atoms with Crippen LogP contribution in [0, 0.1) is 20.8 Å². The van der Waals surface area contributed by atoms with Gasteiger partial charge >= 0.3 is 0 Å². The van der Waals surface area contributed by atoms with Crippen molar-refractivity contribution >= 4 is 5.91 Å². The summed E-state index contributed by atoms with van der Waals surface area (Å²) < 4.78 is 1.87. The van der Waals surface area contributed by atoms with Crippen molar-refractivity contribution in [2.24, 2.45) is 0 Å². The number of likely N-dealkylation sites (tertiary alicyclic amines) is 1. The minimum Gasteiger partial charge on any atom is -0.334 e. The van der Waals surface area contributed by atoms with Crippen molar-refractivity contribution in [3.63, 3.8) is 0 Å². The Balaban J connectivity index is 1.84. The first-order valence-corrected chi connectivity index (χ1v) is 8.34. The third kappa shape index (κ3) is 3.39. The van der Waals surface area contributed by atoms with Crippen LogP contribution >= 0.6 is 0 Å². The Morgan fingerprint density at radius 1 is 1.29 bits per heavy atom. The molecule has 1 unspecified atom stereocenters.